The molecule has 3 aromatic heterocycles. The Labute approximate surface area is 196 Å². The first kappa shape index (κ1) is 20.7. The van der Waals surface area contributed by atoms with Crippen LogP contribution in [0.4, 0.5) is 5.69 Å². The van der Waals surface area contributed by atoms with Gasteiger partial charge in [0.25, 0.3) is 0 Å². The second-order valence-corrected chi connectivity index (χ2v) is 8.93. The van der Waals surface area contributed by atoms with Gasteiger partial charge in [0.15, 0.2) is 10.2 Å². The minimum Gasteiger partial charge on any atom is -0.497 e. The Morgan fingerprint density at radius 1 is 1.06 bits per heavy atom. The predicted molar refractivity (Wildman–Crippen MR) is 132 cm³/mol. The van der Waals surface area contributed by atoms with Gasteiger partial charge in [0.1, 0.15) is 5.75 Å². The molecule has 1 aliphatic rings. The molecule has 1 N–H and O–H groups in total. The zero-order valence-electron chi connectivity index (χ0n) is 18.0. The van der Waals surface area contributed by atoms with Crippen LogP contribution in [0.5, 0.6) is 5.75 Å². The number of nitrogens with one attached hydrogen (secondary N) is 1. The fraction of sp³-hybridized carbons (Fsp3) is 0.208. The van der Waals surface area contributed by atoms with Gasteiger partial charge in [-0.25, -0.2) is 4.98 Å². The monoisotopic (exact) mass is 461 g/mol. The number of benzene rings is 1. The van der Waals surface area contributed by atoms with E-state index < -0.39 is 0 Å². The topological polar surface area (TPSA) is 55.2 Å². The average molecular weight is 462 g/mol. The van der Waals surface area contributed by atoms with E-state index in [0.717, 1.165) is 33.7 Å². The molecule has 0 amide bonds. The van der Waals surface area contributed by atoms with E-state index in [0.29, 0.717) is 5.11 Å². The highest BCUT2D eigenvalue weighted by molar-refractivity contribution is 7.80. The van der Waals surface area contributed by atoms with Crippen LogP contribution < -0.4 is 15.0 Å². The van der Waals surface area contributed by atoms with Crippen molar-refractivity contribution in [1.29, 1.82) is 0 Å². The maximum absolute atomic E-state index is 5.84. The number of aryl methyl sites for hydroxylation is 1. The Bertz CT molecular complexity index is 1240. The number of methoxy groups -OCH3 is 1. The molecular weight excluding hydrogens is 438 g/mol. The zero-order valence-corrected chi connectivity index (χ0v) is 19.7. The third kappa shape index (κ3) is 3.45. The predicted octanol–water partition coefficient (Wildman–Crippen LogP) is 5.13. The molecule has 1 aliphatic heterocycles. The first-order valence-corrected chi connectivity index (χ1v) is 11.6. The van der Waals surface area contributed by atoms with Crippen LogP contribution in [0.3, 0.4) is 0 Å². The molecule has 0 unspecified atom stereocenters. The van der Waals surface area contributed by atoms with Crippen molar-refractivity contribution in [3.8, 4) is 10.9 Å². The summed E-state index contributed by atoms with van der Waals surface area (Å²) in [5.74, 6) is 0.812. The first-order valence-electron chi connectivity index (χ1n) is 10.3. The molecule has 1 fully saturated rings. The normalized spacial score (nSPS) is 18.1. The van der Waals surface area contributed by atoms with Crippen molar-refractivity contribution < 1.29 is 4.74 Å². The summed E-state index contributed by atoms with van der Waals surface area (Å²) in [5.41, 5.74) is 5.44. The molecule has 4 aromatic rings. The Kier molecular flexibility index (Phi) is 5.40. The number of anilines is 1. The van der Waals surface area contributed by atoms with Gasteiger partial charge in [-0.15, -0.1) is 11.3 Å². The lowest BCUT2D eigenvalue weighted by Gasteiger charge is -2.28. The van der Waals surface area contributed by atoms with Crippen molar-refractivity contribution in [2.24, 2.45) is 0 Å². The molecule has 162 valence electrons. The van der Waals surface area contributed by atoms with E-state index in [1.807, 2.05) is 60.2 Å². The zero-order chi connectivity index (χ0) is 22.2. The van der Waals surface area contributed by atoms with E-state index in [9.17, 15) is 0 Å². The summed E-state index contributed by atoms with van der Waals surface area (Å²) in [5, 5.41) is 7.17. The Hall–Kier alpha value is -3.23. The highest BCUT2D eigenvalue weighted by Gasteiger charge is 2.42. The molecule has 4 heterocycles. The SMILES string of the molecule is COc1ccc(N2C(=S)N[C@@H](c3ccccn3)[C@@H]2c2cc(C)n(-c3nccs3)c2C)cc1. The van der Waals surface area contributed by atoms with Crippen LogP contribution >= 0.6 is 23.6 Å². The molecular formula is C24H23N5OS2. The lowest BCUT2D eigenvalue weighted by molar-refractivity contribution is 0.415. The molecule has 5 rings (SSSR count). The van der Waals surface area contributed by atoms with Crippen LogP contribution in [-0.2, 0) is 0 Å². The molecule has 1 aromatic carbocycles. The Balaban J connectivity index is 1.66. The number of thiocarbonyl (C=S) groups is 1. The van der Waals surface area contributed by atoms with E-state index >= 15 is 0 Å². The van der Waals surface area contributed by atoms with Gasteiger partial charge in [0.05, 0.1) is 24.9 Å². The molecule has 1 saturated heterocycles. The van der Waals surface area contributed by atoms with Gasteiger partial charge in [-0.1, -0.05) is 6.07 Å². The largest absolute Gasteiger partial charge is 0.497 e. The van der Waals surface area contributed by atoms with Gasteiger partial charge in [-0.05, 0) is 74.1 Å². The highest BCUT2D eigenvalue weighted by Crippen LogP contribution is 2.44. The van der Waals surface area contributed by atoms with Crippen molar-refractivity contribution in [2.45, 2.75) is 25.9 Å². The van der Waals surface area contributed by atoms with Crippen molar-refractivity contribution in [3.05, 3.63) is 88.9 Å². The molecule has 0 bridgehead atoms. The fourth-order valence-electron chi connectivity index (χ4n) is 4.40. The molecule has 0 aliphatic carbocycles. The molecule has 0 saturated carbocycles. The van der Waals surface area contributed by atoms with Crippen LogP contribution in [0.15, 0.2) is 66.3 Å². The molecule has 0 radical (unpaired) electrons. The molecule has 2 atom stereocenters. The number of hydrogen-bond acceptors (Lipinski definition) is 5. The summed E-state index contributed by atoms with van der Waals surface area (Å²) in [6.45, 7) is 4.26. The van der Waals surface area contributed by atoms with Gasteiger partial charge in [-0.3, -0.25) is 9.55 Å². The highest BCUT2D eigenvalue weighted by atomic mass is 32.1. The number of pyridine rings is 1. The first-order chi connectivity index (χ1) is 15.6. The van der Waals surface area contributed by atoms with E-state index in [1.165, 1.54) is 5.56 Å². The maximum atomic E-state index is 5.84. The van der Waals surface area contributed by atoms with Gasteiger partial charge in [0, 0.05) is 34.8 Å². The van der Waals surface area contributed by atoms with E-state index in [2.05, 4.69) is 44.7 Å². The standard InChI is InChI=1S/C24H23N5OS2/c1-15-14-19(16(2)28(15)24-26-12-13-32-24)22-21(20-6-4-5-11-25-20)27-23(31)29(22)17-7-9-18(30-3)10-8-17/h4-14,21-22H,1-3H3,(H,27,31)/t21-,22-/m0/s1. The van der Waals surface area contributed by atoms with Crippen molar-refractivity contribution >= 4 is 34.4 Å². The minimum absolute atomic E-state index is 0.0642. The molecule has 6 nitrogen and oxygen atoms in total. The number of thiazole rings is 1. The quantitative estimate of drug-likeness (QED) is 0.416. The number of aromatic nitrogens is 3. The summed E-state index contributed by atoms with van der Waals surface area (Å²) in [6.07, 6.45) is 3.66. The van der Waals surface area contributed by atoms with Gasteiger partial charge in [0.2, 0.25) is 0 Å². The van der Waals surface area contributed by atoms with Crippen LogP contribution in [0.1, 0.15) is 34.7 Å². The number of nitrogens with zero attached hydrogens (tertiary/aromatic N) is 4. The summed E-state index contributed by atoms with van der Waals surface area (Å²) in [4.78, 5) is 11.4. The van der Waals surface area contributed by atoms with E-state index in [-0.39, 0.29) is 12.1 Å². The van der Waals surface area contributed by atoms with E-state index in [1.54, 1.807) is 18.4 Å². The molecule has 0 spiro atoms. The summed E-state index contributed by atoms with van der Waals surface area (Å²) < 4.78 is 7.57. The Morgan fingerprint density at radius 2 is 1.88 bits per heavy atom. The fourth-order valence-corrected chi connectivity index (χ4v) is 5.50. The second kappa shape index (κ2) is 8.37. The van der Waals surface area contributed by atoms with Crippen molar-refractivity contribution in [3.63, 3.8) is 0 Å². The van der Waals surface area contributed by atoms with Crippen LogP contribution in [0.2, 0.25) is 0 Å². The minimum atomic E-state index is -0.0870. The van der Waals surface area contributed by atoms with Crippen molar-refractivity contribution in [2.75, 3.05) is 12.0 Å². The summed E-state index contributed by atoms with van der Waals surface area (Å²) >= 11 is 7.47. The lowest BCUT2D eigenvalue weighted by atomic mass is 9.96. The lowest BCUT2D eigenvalue weighted by Crippen LogP contribution is -2.29. The third-order valence-corrected chi connectivity index (χ3v) is 6.92. The maximum Gasteiger partial charge on any atom is 0.193 e. The van der Waals surface area contributed by atoms with Crippen molar-refractivity contribution in [1.82, 2.24) is 19.9 Å². The smallest absolute Gasteiger partial charge is 0.193 e. The molecule has 32 heavy (non-hydrogen) atoms. The average Bonchev–Trinajstić information content (AvgIpc) is 3.52. The molecule has 8 heteroatoms. The number of hydrogen-bond donors (Lipinski definition) is 1. The van der Waals surface area contributed by atoms with Gasteiger partial charge >= 0.3 is 0 Å². The number of ether oxygens (including phenoxy) is 1. The van der Waals surface area contributed by atoms with Gasteiger partial charge < -0.3 is 15.0 Å². The van der Waals surface area contributed by atoms with Crippen LogP contribution in [0, 0.1) is 13.8 Å². The van der Waals surface area contributed by atoms with Crippen LogP contribution in [-0.4, -0.2) is 26.8 Å². The van der Waals surface area contributed by atoms with Crippen LogP contribution in [0.25, 0.3) is 5.13 Å². The number of rotatable bonds is 5. The summed E-state index contributed by atoms with van der Waals surface area (Å²) in [7, 11) is 1.67. The second-order valence-electron chi connectivity index (χ2n) is 7.67. The Morgan fingerprint density at radius 3 is 2.53 bits per heavy atom. The van der Waals surface area contributed by atoms with Gasteiger partial charge in [-0.2, -0.15) is 0 Å². The van der Waals surface area contributed by atoms with E-state index in [4.69, 9.17) is 17.0 Å². The third-order valence-electron chi connectivity index (χ3n) is 5.85. The summed E-state index contributed by atoms with van der Waals surface area (Å²) in [6, 6.07) is 16.1.